The van der Waals surface area contributed by atoms with Crippen LogP contribution in [0.15, 0.2) is 24.3 Å². The molecule has 1 aromatic carbocycles. The molecule has 0 atom stereocenters. The summed E-state index contributed by atoms with van der Waals surface area (Å²) in [5, 5.41) is 8.55. The van der Waals surface area contributed by atoms with E-state index in [1.54, 1.807) is 0 Å². The summed E-state index contributed by atoms with van der Waals surface area (Å²) in [5.74, 6) is -0.139. The number of carbonyl (C=O) groups is 1. The number of ether oxygens (including phenoxy) is 2. The Morgan fingerprint density at radius 2 is 2.17 bits per heavy atom. The zero-order valence-electron chi connectivity index (χ0n) is 10.2. The lowest BCUT2D eigenvalue weighted by atomic mass is 10.2. The van der Waals surface area contributed by atoms with Crippen LogP contribution in [0.5, 0.6) is 5.75 Å². The van der Waals surface area contributed by atoms with Crippen LogP contribution >= 0.6 is 0 Å². The third-order valence-electron chi connectivity index (χ3n) is 2.78. The van der Waals surface area contributed by atoms with Crippen molar-refractivity contribution in [1.29, 1.82) is 0 Å². The van der Waals surface area contributed by atoms with Crippen molar-refractivity contribution >= 4 is 11.7 Å². The molecule has 18 heavy (non-hydrogen) atoms. The molecule has 0 saturated carbocycles. The number of aliphatic carboxylic acids is 1. The number of benzene rings is 1. The highest BCUT2D eigenvalue weighted by atomic mass is 16.5. The van der Waals surface area contributed by atoms with Crippen molar-refractivity contribution in [2.75, 3.05) is 37.8 Å². The van der Waals surface area contributed by atoms with Gasteiger partial charge in [0.1, 0.15) is 5.75 Å². The third kappa shape index (κ3) is 3.63. The molecule has 0 amide bonds. The molecule has 1 fully saturated rings. The lowest BCUT2D eigenvalue weighted by Gasteiger charge is -2.29. The van der Waals surface area contributed by atoms with Crippen molar-refractivity contribution in [3.8, 4) is 5.75 Å². The summed E-state index contributed by atoms with van der Waals surface area (Å²) in [6.45, 7) is 3.42. The van der Waals surface area contributed by atoms with Gasteiger partial charge in [-0.1, -0.05) is 6.07 Å². The molecule has 0 bridgehead atoms. The summed E-state index contributed by atoms with van der Waals surface area (Å²) in [5.41, 5.74) is 1.09. The molecule has 1 heterocycles. The Morgan fingerprint density at radius 3 is 2.89 bits per heavy atom. The molecule has 0 unspecified atom stereocenters. The normalized spacial score (nSPS) is 15.4. The topological polar surface area (TPSA) is 59.0 Å². The molecule has 1 saturated heterocycles. The van der Waals surface area contributed by atoms with Crippen LogP contribution in [0, 0.1) is 0 Å². The minimum absolute atomic E-state index is 0.0157. The third-order valence-corrected chi connectivity index (χ3v) is 2.78. The Hall–Kier alpha value is -1.75. The fourth-order valence-electron chi connectivity index (χ4n) is 1.85. The van der Waals surface area contributed by atoms with Crippen LogP contribution < -0.4 is 9.64 Å². The van der Waals surface area contributed by atoms with Crippen molar-refractivity contribution in [1.82, 2.24) is 0 Å². The van der Waals surface area contributed by atoms with E-state index < -0.39 is 5.97 Å². The van der Waals surface area contributed by atoms with E-state index in [1.807, 2.05) is 24.3 Å². The van der Waals surface area contributed by atoms with Gasteiger partial charge in [-0.15, -0.1) is 0 Å². The quantitative estimate of drug-likeness (QED) is 0.856. The SMILES string of the molecule is O=C(O)CCOc1cccc(N2CCOCC2)c1. The second kappa shape index (κ2) is 6.26. The molecule has 0 aliphatic carbocycles. The molecule has 5 nitrogen and oxygen atoms in total. The maximum atomic E-state index is 10.4. The molecule has 1 N–H and O–H groups in total. The maximum absolute atomic E-state index is 10.4. The number of hydrogen-bond acceptors (Lipinski definition) is 4. The number of rotatable bonds is 5. The van der Waals surface area contributed by atoms with E-state index in [2.05, 4.69) is 4.90 Å². The molecular weight excluding hydrogens is 234 g/mol. The van der Waals surface area contributed by atoms with E-state index in [9.17, 15) is 4.79 Å². The van der Waals surface area contributed by atoms with Gasteiger partial charge in [-0.3, -0.25) is 4.79 Å². The number of nitrogens with zero attached hydrogens (tertiary/aromatic N) is 1. The van der Waals surface area contributed by atoms with Crippen LogP contribution in [-0.4, -0.2) is 44.0 Å². The van der Waals surface area contributed by atoms with Crippen LogP contribution in [-0.2, 0) is 9.53 Å². The molecule has 1 aliphatic rings. The highest BCUT2D eigenvalue weighted by molar-refractivity contribution is 5.66. The van der Waals surface area contributed by atoms with Gasteiger partial charge in [0.25, 0.3) is 0 Å². The van der Waals surface area contributed by atoms with Gasteiger partial charge in [-0.05, 0) is 12.1 Å². The molecule has 2 rings (SSSR count). The summed E-state index contributed by atoms with van der Waals surface area (Å²) in [4.78, 5) is 12.6. The van der Waals surface area contributed by atoms with Crippen molar-refractivity contribution in [3.05, 3.63) is 24.3 Å². The molecular formula is C13H17NO4. The lowest BCUT2D eigenvalue weighted by molar-refractivity contribution is -0.137. The van der Waals surface area contributed by atoms with Crippen LogP contribution in [0.3, 0.4) is 0 Å². The van der Waals surface area contributed by atoms with E-state index in [-0.39, 0.29) is 13.0 Å². The zero-order chi connectivity index (χ0) is 12.8. The Kier molecular flexibility index (Phi) is 4.41. The van der Waals surface area contributed by atoms with Crippen molar-refractivity contribution in [2.45, 2.75) is 6.42 Å². The smallest absolute Gasteiger partial charge is 0.306 e. The first-order valence-electron chi connectivity index (χ1n) is 6.03. The Balaban J connectivity index is 1.93. The lowest BCUT2D eigenvalue weighted by Crippen LogP contribution is -2.36. The molecule has 5 heteroatoms. The molecule has 98 valence electrons. The first-order valence-corrected chi connectivity index (χ1v) is 6.03. The van der Waals surface area contributed by atoms with Gasteiger partial charge in [-0.2, -0.15) is 0 Å². The van der Waals surface area contributed by atoms with Gasteiger partial charge in [0.2, 0.25) is 0 Å². The molecule has 0 spiro atoms. The second-order valence-electron chi connectivity index (χ2n) is 4.09. The maximum Gasteiger partial charge on any atom is 0.306 e. The fraction of sp³-hybridized carbons (Fsp3) is 0.462. The molecule has 1 aliphatic heterocycles. The Morgan fingerprint density at radius 1 is 1.39 bits per heavy atom. The first-order chi connectivity index (χ1) is 8.75. The number of carboxylic acids is 1. The standard InChI is InChI=1S/C13H17NO4/c15-13(16)4-7-18-12-3-1-2-11(10-12)14-5-8-17-9-6-14/h1-3,10H,4-9H2,(H,15,16). The van der Waals surface area contributed by atoms with Gasteiger partial charge < -0.3 is 19.5 Å². The highest BCUT2D eigenvalue weighted by Crippen LogP contribution is 2.22. The molecule has 0 aromatic heterocycles. The Bertz CT molecular complexity index is 402. The second-order valence-corrected chi connectivity index (χ2v) is 4.09. The molecule has 0 radical (unpaired) electrons. The highest BCUT2D eigenvalue weighted by Gasteiger charge is 2.11. The number of hydrogen-bond donors (Lipinski definition) is 1. The first kappa shape index (κ1) is 12.7. The van der Waals surface area contributed by atoms with Crippen LogP contribution in [0.2, 0.25) is 0 Å². The number of carboxylic acid groups (broad SMARTS) is 1. The van der Waals surface area contributed by atoms with Crippen LogP contribution in [0.1, 0.15) is 6.42 Å². The number of morpholine rings is 1. The summed E-state index contributed by atoms with van der Waals surface area (Å²) in [6, 6.07) is 7.72. The molecule has 1 aromatic rings. The van der Waals surface area contributed by atoms with Crippen molar-refractivity contribution in [3.63, 3.8) is 0 Å². The van der Waals surface area contributed by atoms with Gasteiger partial charge in [0, 0.05) is 24.8 Å². The zero-order valence-corrected chi connectivity index (χ0v) is 10.2. The van der Waals surface area contributed by atoms with Gasteiger partial charge in [-0.25, -0.2) is 0 Å². The minimum atomic E-state index is -0.848. The largest absolute Gasteiger partial charge is 0.493 e. The van der Waals surface area contributed by atoms with E-state index >= 15 is 0 Å². The fourth-order valence-corrected chi connectivity index (χ4v) is 1.85. The minimum Gasteiger partial charge on any atom is -0.493 e. The van der Waals surface area contributed by atoms with E-state index in [0.717, 1.165) is 32.0 Å². The summed E-state index contributed by atoms with van der Waals surface area (Å²) >= 11 is 0. The van der Waals surface area contributed by atoms with Gasteiger partial charge in [0.05, 0.1) is 26.2 Å². The van der Waals surface area contributed by atoms with Gasteiger partial charge >= 0.3 is 5.97 Å². The Labute approximate surface area is 106 Å². The summed E-state index contributed by atoms with van der Waals surface area (Å²) < 4.78 is 10.7. The van der Waals surface area contributed by atoms with Crippen molar-refractivity contribution in [2.24, 2.45) is 0 Å². The summed E-state index contributed by atoms with van der Waals surface area (Å²) in [7, 11) is 0. The van der Waals surface area contributed by atoms with E-state index in [1.165, 1.54) is 0 Å². The average molecular weight is 251 g/mol. The average Bonchev–Trinajstić information content (AvgIpc) is 2.40. The van der Waals surface area contributed by atoms with Gasteiger partial charge in [0.15, 0.2) is 0 Å². The summed E-state index contributed by atoms with van der Waals surface area (Å²) in [6.07, 6.45) is 0.0157. The monoisotopic (exact) mass is 251 g/mol. The van der Waals surface area contributed by atoms with Crippen LogP contribution in [0.4, 0.5) is 5.69 Å². The van der Waals surface area contributed by atoms with Crippen molar-refractivity contribution < 1.29 is 19.4 Å². The van der Waals surface area contributed by atoms with E-state index in [0.29, 0.717) is 5.75 Å². The van der Waals surface area contributed by atoms with E-state index in [4.69, 9.17) is 14.6 Å². The predicted molar refractivity (Wildman–Crippen MR) is 67.2 cm³/mol. The van der Waals surface area contributed by atoms with Crippen LogP contribution in [0.25, 0.3) is 0 Å². The number of anilines is 1. The predicted octanol–water partition coefficient (Wildman–Crippen LogP) is 1.38.